The summed E-state index contributed by atoms with van der Waals surface area (Å²) in [5.74, 6) is 0.689. The Labute approximate surface area is 174 Å². The van der Waals surface area contributed by atoms with Gasteiger partial charge in [0, 0.05) is 0 Å². The summed E-state index contributed by atoms with van der Waals surface area (Å²) in [4.78, 5) is 40.5. The van der Waals surface area contributed by atoms with Gasteiger partial charge in [0.15, 0.2) is 0 Å². The topological polar surface area (TPSA) is 63.7 Å². The zero-order valence-corrected chi connectivity index (χ0v) is 16.5. The van der Waals surface area contributed by atoms with E-state index in [-0.39, 0.29) is 35.5 Å². The first-order valence-corrected chi connectivity index (χ1v) is 10.5. The number of ether oxygens (including phenoxy) is 1. The predicted octanol–water partition coefficient (Wildman–Crippen LogP) is 3.77. The fourth-order valence-corrected chi connectivity index (χ4v) is 5.83. The highest BCUT2D eigenvalue weighted by Gasteiger charge is 2.67. The van der Waals surface area contributed by atoms with Gasteiger partial charge in [-0.05, 0) is 72.9 Å². The lowest BCUT2D eigenvalue weighted by molar-refractivity contribution is -0.124. The Hall–Kier alpha value is -3.21. The minimum Gasteiger partial charge on any atom is -0.423 e. The smallest absolute Gasteiger partial charge is 0.343 e. The molecule has 0 unspecified atom stereocenters. The number of hydrogen-bond donors (Lipinski definition) is 0. The molecule has 5 heteroatoms. The van der Waals surface area contributed by atoms with Crippen LogP contribution in [0.15, 0.2) is 60.7 Å². The summed E-state index contributed by atoms with van der Waals surface area (Å²) >= 11 is 0. The molecule has 4 aliphatic carbocycles. The standard InChI is InChI=1S/C25H21NO4/c1-13-4-2-7-16(10-13)30-25(29)14-5-3-6-15(11-14)26-23(27)21-17-8-9-18(20-12-19(17)20)22(21)24(26)28/h2-11,17-22H,12H2,1H3/t17-,18-,19-,20-,21+,22+/m1/s1. The van der Waals surface area contributed by atoms with E-state index in [0.717, 1.165) is 12.0 Å². The molecule has 30 heavy (non-hydrogen) atoms. The second-order valence-corrected chi connectivity index (χ2v) is 8.92. The zero-order chi connectivity index (χ0) is 20.6. The van der Waals surface area contributed by atoms with E-state index < -0.39 is 5.97 Å². The van der Waals surface area contributed by atoms with Gasteiger partial charge in [0.2, 0.25) is 11.8 Å². The summed E-state index contributed by atoms with van der Waals surface area (Å²) in [7, 11) is 0. The van der Waals surface area contributed by atoms with Crippen LogP contribution in [0.5, 0.6) is 5.75 Å². The largest absolute Gasteiger partial charge is 0.423 e. The molecule has 2 aromatic rings. The highest BCUT2D eigenvalue weighted by Crippen LogP contribution is 2.65. The molecular weight excluding hydrogens is 378 g/mol. The third-order valence-corrected chi connectivity index (χ3v) is 7.20. The average Bonchev–Trinajstić information content (AvgIpc) is 3.52. The fourth-order valence-electron chi connectivity index (χ4n) is 5.83. The summed E-state index contributed by atoms with van der Waals surface area (Å²) in [6.07, 6.45) is 5.45. The Morgan fingerprint density at radius 3 is 2.27 bits per heavy atom. The van der Waals surface area contributed by atoms with Crippen molar-refractivity contribution in [1.82, 2.24) is 0 Å². The monoisotopic (exact) mass is 399 g/mol. The van der Waals surface area contributed by atoms with Crippen LogP contribution >= 0.6 is 0 Å². The first-order valence-electron chi connectivity index (χ1n) is 10.5. The van der Waals surface area contributed by atoms with Gasteiger partial charge in [-0.3, -0.25) is 9.59 Å². The van der Waals surface area contributed by atoms with Crippen LogP contribution in [0.1, 0.15) is 22.3 Å². The third kappa shape index (κ3) is 2.44. The quantitative estimate of drug-likeness (QED) is 0.341. The summed E-state index contributed by atoms with van der Waals surface area (Å²) < 4.78 is 5.47. The zero-order valence-electron chi connectivity index (χ0n) is 16.5. The maximum absolute atomic E-state index is 13.3. The van der Waals surface area contributed by atoms with Crippen LogP contribution in [-0.4, -0.2) is 17.8 Å². The van der Waals surface area contributed by atoms with Gasteiger partial charge in [0.25, 0.3) is 0 Å². The molecule has 2 amide bonds. The van der Waals surface area contributed by atoms with Gasteiger partial charge in [-0.2, -0.15) is 0 Å². The van der Waals surface area contributed by atoms with Gasteiger partial charge >= 0.3 is 5.97 Å². The van der Waals surface area contributed by atoms with Crippen LogP contribution in [0.2, 0.25) is 0 Å². The highest BCUT2D eigenvalue weighted by molar-refractivity contribution is 6.23. The average molecular weight is 399 g/mol. The van der Waals surface area contributed by atoms with Crippen LogP contribution < -0.4 is 9.64 Å². The van der Waals surface area contributed by atoms with Crippen molar-refractivity contribution in [2.75, 3.05) is 4.90 Å². The number of carbonyl (C=O) groups excluding carboxylic acids is 3. The Kier molecular flexibility index (Phi) is 3.61. The lowest BCUT2D eigenvalue weighted by atomic mass is 9.63. The maximum atomic E-state index is 13.3. The SMILES string of the molecule is Cc1cccc(OC(=O)c2cccc(N3C(=O)[C@H]4[C@@H]5C=C[C@H]([C@H]6C[C@H]56)[C@@H]4C3=O)c2)c1. The number of carbonyl (C=O) groups is 3. The minimum absolute atomic E-state index is 0.126. The first-order chi connectivity index (χ1) is 14.5. The second kappa shape index (κ2) is 6.14. The van der Waals surface area contributed by atoms with Gasteiger partial charge in [-0.25, -0.2) is 9.69 Å². The van der Waals surface area contributed by atoms with Crippen molar-refractivity contribution in [2.45, 2.75) is 13.3 Å². The van der Waals surface area contributed by atoms with Gasteiger partial charge < -0.3 is 4.74 Å². The molecule has 5 nitrogen and oxygen atoms in total. The van der Waals surface area contributed by atoms with E-state index in [1.165, 1.54) is 4.90 Å². The van der Waals surface area contributed by atoms with E-state index in [2.05, 4.69) is 12.2 Å². The molecule has 3 fully saturated rings. The van der Waals surface area contributed by atoms with Crippen molar-refractivity contribution in [3.05, 3.63) is 71.8 Å². The molecule has 2 aromatic carbocycles. The fraction of sp³-hybridized carbons (Fsp3) is 0.320. The number of benzene rings is 2. The number of rotatable bonds is 3. The van der Waals surface area contributed by atoms with Crippen molar-refractivity contribution in [3.63, 3.8) is 0 Å². The summed E-state index contributed by atoms with van der Waals surface area (Å²) in [5, 5.41) is 0. The molecule has 7 rings (SSSR count). The molecule has 2 saturated carbocycles. The molecule has 6 atom stereocenters. The summed E-state index contributed by atoms with van der Waals surface area (Å²) in [5.41, 5.74) is 1.76. The Morgan fingerprint density at radius 2 is 1.60 bits per heavy atom. The number of anilines is 1. The van der Waals surface area contributed by atoms with Crippen molar-refractivity contribution in [2.24, 2.45) is 35.5 Å². The molecule has 150 valence electrons. The van der Waals surface area contributed by atoms with Crippen molar-refractivity contribution < 1.29 is 19.1 Å². The Morgan fingerprint density at radius 1 is 0.933 bits per heavy atom. The van der Waals surface area contributed by atoms with E-state index in [9.17, 15) is 14.4 Å². The number of amides is 2. The molecule has 1 aliphatic heterocycles. The first kappa shape index (κ1) is 17.6. The molecule has 1 heterocycles. The van der Waals surface area contributed by atoms with Crippen molar-refractivity contribution in [3.8, 4) is 5.75 Å². The number of aryl methyl sites for hydroxylation is 1. The van der Waals surface area contributed by atoms with E-state index in [1.807, 2.05) is 19.1 Å². The van der Waals surface area contributed by atoms with Crippen LogP contribution in [-0.2, 0) is 9.59 Å². The summed E-state index contributed by atoms with van der Waals surface area (Å²) in [6.45, 7) is 1.92. The molecule has 0 N–H and O–H groups in total. The van der Waals surface area contributed by atoms with Crippen LogP contribution in [0, 0.1) is 42.4 Å². The summed E-state index contributed by atoms with van der Waals surface area (Å²) in [6, 6.07) is 13.9. The Balaban J connectivity index is 1.29. The number of hydrogen-bond acceptors (Lipinski definition) is 4. The van der Waals surface area contributed by atoms with Gasteiger partial charge in [0.05, 0.1) is 23.1 Å². The molecule has 5 aliphatic rings. The normalized spacial score (nSPS) is 32.8. The van der Waals surface area contributed by atoms with Crippen molar-refractivity contribution >= 4 is 23.5 Å². The van der Waals surface area contributed by atoms with Crippen LogP contribution in [0.25, 0.3) is 0 Å². The molecule has 0 radical (unpaired) electrons. The number of imide groups is 1. The van der Waals surface area contributed by atoms with E-state index >= 15 is 0 Å². The second-order valence-electron chi connectivity index (χ2n) is 8.92. The van der Waals surface area contributed by atoms with Crippen molar-refractivity contribution in [1.29, 1.82) is 0 Å². The lowest BCUT2D eigenvalue weighted by Gasteiger charge is -2.37. The van der Waals surface area contributed by atoms with Gasteiger partial charge in [-0.15, -0.1) is 0 Å². The lowest BCUT2D eigenvalue weighted by Crippen LogP contribution is -2.40. The third-order valence-electron chi connectivity index (χ3n) is 7.20. The van der Waals surface area contributed by atoms with Gasteiger partial charge in [0.1, 0.15) is 5.75 Å². The minimum atomic E-state index is -0.512. The maximum Gasteiger partial charge on any atom is 0.343 e. The van der Waals surface area contributed by atoms with E-state index in [4.69, 9.17) is 4.74 Å². The number of nitrogens with zero attached hydrogens (tertiary/aromatic N) is 1. The number of allylic oxidation sites excluding steroid dienone is 2. The number of esters is 1. The van der Waals surface area contributed by atoms with Crippen LogP contribution in [0.4, 0.5) is 5.69 Å². The molecular formula is C25H21NO4. The predicted molar refractivity (Wildman–Crippen MR) is 110 cm³/mol. The van der Waals surface area contributed by atoms with Crippen LogP contribution in [0.3, 0.4) is 0 Å². The van der Waals surface area contributed by atoms with Gasteiger partial charge in [-0.1, -0.05) is 30.4 Å². The molecule has 0 spiro atoms. The molecule has 0 aromatic heterocycles. The highest BCUT2D eigenvalue weighted by atomic mass is 16.5. The van der Waals surface area contributed by atoms with E-state index in [1.54, 1.807) is 36.4 Å². The molecule has 1 saturated heterocycles. The van der Waals surface area contributed by atoms with E-state index in [0.29, 0.717) is 28.8 Å². The molecule has 2 bridgehead atoms. The Bertz CT molecular complexity index is 1100.